The van der Waals surface area contributed by atoms with Crippen LogP contribution in [0.15, 0.2) is 65.8 Å². The lowest BCUT2D eigenvalue weighted by Gasteiger charge is -2.65. The summed E-state index contributed by atoms with van der Waals surface area (Å²) in [5.41, 5.74) is -0.186. The molecule has 240 valence electrons. The van der Waals surface area contributed by atoms with Crippen LogP contribution in [0.1, 0.15) is 36.5 Å². The average molecular weight is 643 g/mol. The monoisotopic (exact) mass is 642 g/mol. The molecular weight excluding hydrogens is 604 g/mol. The molecular formula is C34H38N6O5S. The molecule has 2 aromatic carbocycles. The molecule has 0 aliphatic carbocycles. The Morgan fingerprint density at radius 3 is 2.43 bits per heavy atom. The minimum absolute atomic E-state index is 0.0123. The second-order valence-electron chi connectivity index (χ2n) is 12.9. The van der Waals surface area contributed by atoms with Crippen molar-refractivity contribution in [2.75, 3.05) is 64.3 Å². The van der Waals surface area contributed by atoms with Crippen molar-refractivity contribution in [2.45, 2.75) is 36.4 Å². The van der Waals surface area contributed by atoms with E-state index in [2.05, 4.69) is 32.8 Å². The Hall–Kier alpha value is -4.02. The van der Waals surface area contributed by atoms with Gasteiger partial charge in [-0.15, -0.1) is 0 Å². The third kappa shape index (κ3) is 4.59. The minimum Gasteiger partial charge on any atom is -0.497 e. The molecule has 1 aromatic heterocycles. The molecule has 0 N–H and O–H groups in total. The first-order chi connectivity index (χ1) is 22.2. The molecule has 1 amide bonds. The molecule has 0 radical (unpaired) electrons. The van der Waals surface area contributed by atoms with Gasteiger partial charge in [-0.3, -0.25) is 14.6 Å². The zero-order valence-corrected chi connectivity index (χ0v) is 27.2. The molecule has 3 fully saturated rings. The van der Waals surface area contributed by atoms with E-state index in [0.717, 1.165) is 43.3 Å². The van der Waals surface area contributed by atoms with E-state index in [0.29, 0.717) is 53.9 Å². The van der Waals surface area contributed by atoms with Crippen LogP contribution in [0.3, 0.4) is 0 Å². The summed E-state index contributed by atoms with van der Waals surface area (Å²) in [7, 11) is -0.715. The number of hydrogen-bond acceptors (Lipinski definition) is 10. The molecule has 1 atom stereocenters. The van der Waals surface area contributed by atoms with Crippen LogP contribution in [0, 0.1) is 16.7 Å². The van der Waals surface area contributed by atoms with E-state index in [-0.39, 0.29) is 16.1 Å². The number of benzene rings is 2. The van der Waals surface area contributed by atoms with Crippen LogP contribution in [0.25, 0.3) is 0 Å². The molecule has 3 aromatic rings. The SMILES string of the molecule is CCOc1ccc(OC)cc1[C@@]1(N2CC3(CN(C4CCN(C)CC4)C3)C2)C(=O)N(S(=O)(=O)c2ccccn2)c2ccc(C#N)cc21. The van der Waals surface area contributed by atoms with E-state index < -0.39 is 21.5 Å². The van der Waals surface area contributed by atoms with Crippen LogP contribution in [0.5, 0.6) is 11.5 Å². The highest BCUT2D eigenvalue weighted by molar-refractivity contribution is 7.93. The summed E-state index contributed by atoms with van der Waals surface area (Å²) >= 11 is 0. The number of sulfonamides is 1. The van der Waals surface area contributed by atoms with Gasteiger partial charge in [0, 0.05) is 55.0 Å². The van der Waals surface area contributed by atoms with Gasteiger partial charge in [-0.05, 0) is 88.4 Å². The summed E-state index contributed by atoms with van der Waals surface area (Å²) in [6.45, 7) is 7.40. The number of piperidine rings is 1. The van der Waals surface area contributed by atoms with Crippen molar-refractivity contribution < 1.29 is 22.7 Å². The fourth-order valence-electron chi connectivity index (χ4n) is 7.85. The fraction of sp³-hybridized carbons (Fsp3) is 0.441. The van der Waals surface area contributed by atoms with Crippen molar-refractivity contribution in [3.8, 4) is 17.6 Å². The van der Waals surface area contributed by atoms with Gasteiger partial charge in [-0.25, -0.2) is 4.98 Å². The Kier molecular flexibility index (Phi) is 7.55. The summed E-state index contributed by atoms with van der Waals surface area (Å²) in [5.74, 6) is 0.297. The maximum Gasteiger partial charge on any atom is 0.288 e. The summed E-state index contributed by atoms with van der Waals surface area (Å²) in [4.78, 5) is 26.4. The van der Waals surface area contributed by atoms with E-state index in [1.54, 1.807) is 55.6 Å². The van der Waals surface area contributed by atoms with Gasteiger partial charge in [0.05, 0.1) is 31.0 Å². The van der Waals surface area contributed by atoms with Gasteiger partial charge >= 0.3 is 0 Å². The molecule has 4 aliphatic rings. The highest BCUT2D eigenvalue weighted by atomic mass is 32.2. The maximum absolute atomic E-state index is 15.2. The van der Waals surface area contributed by atoms with Gasteiger partial charge in [0.1, 0.15) is 11.5 Å². The molecule has 4 aliphatic heterocycles. The van der Waals surface area contributed by atoms with Gasteiger partial charge in [0.15, 0.2) is 10.6 Å². The first-order valence-corrected chi connectivity index (χ1v) is 17.2. The Morgan fingerprint density at radius 1 is 1.02 bits per heavy atom. The lowest BCUT2D eigenvalue weighted by atomic mass is 9.67. The molecule has 7 rings (SSSR count). The summed E-state index contributed by atoms with van der Waals surface area (Å²) in [5, 5.41) is 9.73. The molecule has 3 saturated heterocycles. The van der Waals surface area contributed by atoms with Gasteiger partial charge in [0.2, 0.25) is 0 Å². The van der Waals surface area contributed by atoms with Crippen LogP contribution < -0.4 is 13.8 Å². The van der Waals surface area contributed by atoms with Crippen LogP contribution in [0.4, 0.5) is 5.69 Å². The molecule has 5 heterocycles. The summed E-state index contributed by atoms with van der Waals surface area (Å²) < 4.78 is 41.2. The standard InChI is InChI=1S/C34H38N6O5S/c1-4-45-30-11-9-26(44-3)18-28(30)34(39-22-33(23-39)20-38(21-33)25-12-15-37(2)16-13-25)27-17-24(19-35)8-10-29(27)40(32(34)41)46(42,43)31-7-5-6-14-36-31/h5-11,14,17-18,25H,4,12-13,15-16,20-23H2,1-3H3/t34-/m1/s1. The maximum atomic E-state index is 15.2. The van der Waals surface area contributed by atoms with E-state index >= 15 is 4.79 Å². The number of ether oxygens (including phenoxy) is 2. The predicted octanol–water partition coefficient (Wildman–Crippen LogP) is 3.05. The summed E-state index contributed by atoms with van der Waals surface area (Å²) in [6, 6.07) is 17.4. The molecule has 0 bridgehead atoms. The number of aromatic nitrogens is 1. The number of likely N-dealkylation sites (tertiary alicyclic amines) is 3. The van der Waals surface area contributed by atoms with Gasteiger partial charge in [0.25, 0.3) is 15.9 Å². The number of hydrogen-bond donors (Lipinski definition) is 0. The number of rotatable bonds is 8. The predicted molar refractivity (Wildman–Crippen MR) is 171 cm³/mol. The highest BCUT2D eigenvalue weighted by Crippen LogP contribution is 2.57. The number of carbonyl (C=O) groups excluding carboxylic acids is 1. The average Bonchev–Trinajstić information content (AvgIpc) is 3.29. The zero-order chi connectivity index (χ0) is 32.3. The van der Waals surface area contributed by atoms with Crippen LogP contribution in [-0.4, -0.2) is 100 Å². The third-order valence-electron chi connectivity index (χ3n) is 10.1. The zero-order valence-electron chi connectivity index (χ0n) is 26.3. The normalized spacial score (nSPS) is 23.4. The number of nitriles is 1. The van der Waals surface area contributed by atoms with Crippen molar-refractivity contribution in [1.29, 1.82) is 5.26 Å². The number of methoxy groups -OCH3 is 1. The minimum atomic E-state index is -4.43. The van der Waals surface area contributed by atoms with Crippen molar-refractivity contribution in [2.24, 2.45) is 5.41 Å². The van der Waals surface area contributed by atoms with Crippen molar-refractivity contribution in [3.05, 3.63) is 77.5 Å². The smallest absolute Gasteiger partial charge is 0.288 e. The molecule has 0 saturated carbocycles. The van der Waals surface area contributed by atoms with Gasteiger partial charge in [-0.2, -0.15) is 18.0 Å². The Balaban J connectivity index is 1.36. The largest absolute Gasteiger partial charge is 0.497 e. The number of nitrogens with zero attached hydrogens (tertiary/aromatic N) is 6. The second-order valence-corrected chi connectivity index (χ2v) is 14.6. The topological polar surface area (TPSA) is 119 Å². The first kappa shape index (κ1) is 30.6. The summed E-state index contributed by atoms with van der Waals surface area (Å²) in [6.07, 6.45) is 3.68. The number of carbonyl (C=O) groups is 1. The Morgan fingerprint density at radius 2 is 1.78 bits per heavy atom. The molecule has 46 heavy (non-hydrogen) atoms. The first-order valence-electron chi connectivity index (χ1n) is 15.7. The fourth-order valence-corrected chi connectivity index (χ4v) is 9.25. The van der Waals surface area contributed by atoms with Crippen molar-refractivity contribution in [1.82, 2.24) is 19.7 Å². The molecule has 0 unspecified atom stereocenters. The molecule has 12 heteroatoms. The Bertz CT molecular complexity index is 1810. The van der Waals surface area contributed by atoms with Crippen molar-refractivity contribution >= 4 is 21.6 Å². The lowest BCUT2D eigenvalue weighted by Crippen LogP contribution is -2.77. The van der Waals surface area contributed by atoms with Crippen LogP contribution in [0.2, 0.25) is 0 Å². The van der Waals surface area contributed by atoms with E-state index in [1.807, 2.05) is 6.92 Å². The number of pyridine rings is 1. The van der Waals surface area contributed by atoms with Crippen LogP contribution >= 0.6 is 0 Å². The highest BCUT2D eigenvalue weighted by Gasteiger charge is 2.67. The molecule has 1 spiro atoms. The van der Waals surface area contributed by atoms with E-state index in [9.17, 15) is 13.7 Å². The molecule has 11 nitrogen and oxygen atoms in total. The third-order valence-corrected chi connectivity index (χ3v) is 11.7. The van der Waals surface area contributed by atoms with Crippen molar-refractivity contribution in [3.63, 3.8) is 0 Å². The van der Waals surface area contributed by atoms with Gasteiger partial charge in [-0.1, -0.05) is 6.07 Å². The quantitative estimate of drug-likeness (QED) is 0.363. The number of amides is 1. The van der Waals surface area contributed by atoms with E-state index in [4.69, 9.17) is 9.47 Å². The lowest BCUT2D eigenvalue weighted by molar-refractivity contribution is -0.169. The number of anilines is 1. The number of fused-ring (bicyclic) bond motifs is 1. The Labute approximate surface area is 270 Å². The van der Waals surface area contributed by atoms with Gasteiger partial charge < -0.3 is 14.4 Å². The second kappa shape index (κ2) is 11.3. The van der Waals surface area contributed by atoms with Crippen LogP contribution in [-0.2, 0) is 20.4 Å². The van der Waals surface area contributed by atoms with E-state index in [1.165, 1.54) is 12.3 Å².